The molecule has 0 fully saturated rings. The first-order valence-electron chi connectivity index (χ1n) is 43.7. The lowest BCUT2D eigenvalue weighted by Gasteiger charge is -2.08. The zero-order valence-electron chi connectivity index (χ0n) is 71.5. The van der Waals surface area contributed by atoms with Gasteiger partial charge in [-0.25, -0.2) is 9.97 Å². The molecule has 28 rings (SSSR count). The summed E-state index contributed by atoms with van der Waals surface area (Å²) in [6.45, 7) is 14.8. The van der Waals surface area contributed by atoms with Crippen molar-refractivity contribution in [2.75, 3.05) is 0 Å². The molecular weight excluding hydrogens is 1530 g/mol. The van der Waals surface area contributed by atoms with Gasteiger partial charge in [-0.15, -0.1) is 0 Å². The largest absolute Gasteiger partial charge is 0.264 e. The Balaban J connectivity index is 0.0000000870. The monoisotopic (exact) mass is 1620 g/mol. The van der Waals surface area contributed by atoms with Crippen molar-refractivity contribution in [3.8, 4) is 77.9 Å². The van der Waals surface area contributed by atoms with Crippen LogP contribution in [0.25, 0.3) is 154 Å². The van der Waals surface area contributed by atoms with Crippen molar-refractivity contribution in [3.05, 3.63) is 440 Å². The Kier molecular flexibility index (Phi) is 19.4. The molecule has 0 atom stereocenters. The molecule has 0 N–H and O–H groups in total. The number of nitrogens with zero attached hydrogens (tertiary/aromatic N) is 10. The Morgan fingerprint density at radius 3 is 1.22 bits per heavy atom. The van der Waals surface area contributed by atoms with Gasteiger partial charge >= 0.3 is 0 Å². The number of aromatic nitrogens is 10. The third-order valence-corrected chi connectivity index (χ3v) is 26.7. The summed E-state index contributed by atoms with van der Waals surface area (Å²) in [5.74, 6) is 0. The highest BCUT2D eigenvalue weighted by atomic mass is 14.8. The second kappa shape index (κ2) is 31.9. The summed E-state index contributed by atoms with van der Waals surface area (Å²) in [6, 6.07) is 101. The van der Waals surface area contributed by atoms with Gasteiger partial charge in [-0.1, -0.05) is 243 Å². The van der Waals surface area contributed by atoms with Crippen molar-refractivity contribution in [3.63, 3.8) is 0 Å². The van der Waals surface area contributed by atoms with Crippen LogP contribution in [0.3, 0.4) is 0 Å². The lowest BCUT2D eigenvalue weighted by atomic mass is 9.97. The van der Waals surface area contributed by atoms with Gasteiger partial charge in [0.05, 0.1) is 39.5 Å². The van der Waals surface area contributed by atoms with E-state index in [0.717, 1.165) is 107 Å². The molecule has 10 heteroatoms. The van der Waals surface area contributed by atoms with Crippen LogP contribution in [0.15, 0.2) is 322 Å². The van der Waals surface area contributed by atoms with E-state index in [2.05, 4.69) is 344 Å². The van der Waals surface area contributed by atoms with Gasteiger partial charge in [0.1, 0.15) is 0 Å². The summed E-state index contributed by atoms with van der Waals surface area (Å²) in [6.07, 6.45) is 18.1. The van der Waals surface area contributed by atoms with Crippen LogP contribution in [0.5, 0.6) is 0 Å². The maximum absolute atomic E-state index is 4.80. The molecule has 602 valence electrons. The van der Waals surface area contributed by atoms with Crippen LogP contribution in [-0.4, -0.2) is 49.8 Å². The van der Waals surface area contributed by atoms with Gasteiger partial charge in [-0.3, -0.25) is 39.9 Å². The molecule has 0 aliphatic heterocycles. The van der Waals surface area contributed by atoms with Crippen molar-refractivity contribution in [1.29, 1.82) is 0 Å². The van der Waals surface area contributed by atoms with Crippen molar-refractivity contribution in [2.45, 2.75) is 93.4 Å². The number of benzene rings is 11. The van der Waals surface area contributed by atoms with Crippen molar-refractivity contribution < 1.29 is 0 Å². The minimum atomic E-state index is 0.852. The van der Waals surface area contributed by atoms with Crippen LogP contribution >= 0.6 is 0 Å². The average Bonchev–Trinajstić information content (AvgIpc) is 1.68. The number of para-hydroxylation sites is 1. The van der Waals surface area contributed by atoms with E-state index >= 15 is 0 Å². The summed E-state index contributed by atoms with van der Waals surface area (Å²) >= 11 is 0. The van der Waals surface area contributed by atoms with E-state index in [9.17, 15) is 0 Å². The predicted octanol–water partition coefficient (Wildman–Crippen LogP) is 27.0. The molecule has 10 nitrogen and oxygen atoms in total. The number of hydrogen-bond donors (Lipinski definition) is 0. The third kappa shape index (κ3) is 13.4. The molecule has 0 bridgehead atoms. The van der Waals surface area contributed by atoms with Crippen LogP contribution in [-0.2, 0) is 44.9 Å². The van der Waals surface area contributed by atoms with Crippen molar-refractivity contribution in [1.82, 2.24) is 49.8 Å². The van der Waals surface area contributed by atoms with Gasteiger partial charge in [-0.05, 0) is 258 Å². The van der Waals surface area contributed by atoms with Gasteiger partial charge in [0.2, 0.25) is 0 Å². The van der Waals surface area contributed by atoms with E-state index in [-0.39, 0.29) is 0 Å². The van der Waals surface area contributed by atoms with E-state index in [1.807, 2.05) is 61.4 Å². The van der Waals surface area contributed by atoms with Gasteiger partial charge in [0, 0.05) is 142 Å². The van der Waals surface area contributed by atoms with Gasteiger partial charge < -0.3 is 0 Å². The van der Waals surface area contributed by atoms with Crippen molar-refractivity contribution >= 4 is 76.3 Å². The summed E-state index contributed by atoms with van der Waals surface area (Å²) in [7, 11) is 0. The first-order valence-corrected chi connectivity index (χ1v) is 43.7. The van der Waals surface area contributed by atoms with E-state index in [4.69, 9.17) is 15.0 Å². The smallest absolute Gasteiger partial charge is 0.159 e. The molecular formula is C116H88N10. The number of aryl methyl sites for hydroxylation is 7. The fraction of sp³-hybridized carbons (Fsp3) is 0.121. The Hall–Kier alpha value is -15.3. The number of pyridine rings is 10. The van der Waals surface area contributed by atoms with Gasteiger partial charge in [0.25, 0.3) is 0 Å². The lowest BCUT2D eigenvalue weighted by molar-refractivity contribution is 1.09. The lowest BCUT2D eigenvalue weighted by Crippen LogP contribution is -1.94. The Bertz CT molecular complexity index is 7280. The fourth-order valence-corrected chi connectivity index (χ4v) is 20.7. The van der Waals surface area contributed by atoms with Crippen LogP contribution in [0, 0.1) is 48.5 Å². The molecule has 0 saturated carbocycles. The molecule has 0 spiro atoms. The van der Waals surface area contributed by atoms with Gasteiger partial charge in [-0.2, -0.15) is 0 Å². The second-order valence-electron chi connectivity index (χ2n) is 34.0. The summed E-state index contributed by atoms with van der Waals surface area (Å²) < 4.78 is 0. The highest BCUT2D eigenvalue weighted by molar-refractivity contribution is 6.06. The topological polar surface area (TPSA) is 129 Å². The number of fused-ring (bicyclic) bond motifs is 35. The van der Waals surface area contributed by atoms with Crippen LogP contribution in [0.2, 0.25) is 0 Å². The fourth-order valence-electron chi connectivity index (χ4n) is 20.7. The number of rotatable bonds is 0. The van der Waals surface area contributed by atoms with Crippen LogP contribution < -0.4 is 0 Å². The van der Waals surface area contributed by atoms with Crippen LogP contribution in [0.4, 0.5) is 0 Å². The minimum absolute atomic E-state index is 0.852. The molecule has 0 unspecified atom stereocenters. The minimum Gasteiger partial charge on any atom is -0.264 e. The zero-order chi connectivity index (χ0) is 84.8. The molecule has 0 radical (unpaired) electrons. The van der Waals surface area contributed by atoms with E-state index in [1.165, 1.54) is 210 Å². The maximum atomic E-state index is 4.80. The molecule has 7 aliphatic carbocycles. The highest BCUT2D eigenvalue weighted by Gasteiger charge is 2.31. The second-order valence-corrected chi connectivity index (χ2v) is 34.0. The Morgan fingerprint density at radius 2 is 0.611 bits per heavy atom. The summed E-state index contributed by atoms with van der Waals surface area (Å²) in [4.78, 5) is 45.5. The average molecular weight is 1620 g/mol. The van der Waals surface area contributed by atoms with Crippen LogP contribution in [0.1, 0.15) is 118 Å². The van der Waals surface area contributed by atoms with E-state index in [1.54, 1.807) is 0 Å². The Morgan fingerprint density at radius 1 is 0.206 bits per heavy atom. The third-order valence-electron chi connectivity index (χ3n) is 26.7. The maximum Gasteiger partial charge on any atom is 0.159 e. The summed E-state index contributed by atoms with van der Waals surface area (Å²) in [5.41, 5.74) is 52.7. The normalized spacial score (nSPS) is 12.5. The molecule has 0 amide bonds. The summed E-state index contributed by atoms with van der Waals surface area (Å²) in [5, 5.41) is 10.2. The molecule has 0 saturated heterocycles. The number of hydrogen-bond acceptors (Lipinski definition) is 10. The van der Waals surface area contributed by atoms with Crippen molar-refractivity contribution in [2.24, 2.45) is 0 Å². The molecule has 10 aromatic heterocycles. The molecule has 11 aromatic carbocycles. The first-order chi connectivity index (χ1) is 61.9. The zero-order valence-corrected chi connectivity index (χ0v) is 71.5. The van der Waals surface area contributed by atoms with E-state index in [0.29, 0.717) is 0 Å². The molecule has 126 heavy (non-hydrogen) atoms. The Labute approximate surface area is 732 Å². The quantitative estimate of drug-likeness (QED) is 0.145. The molecule has 10 heterocycles. The SMILES string of the molecule is Cc1cccc2c1Cc1ccc3ccccc3c1-2.Cc1nc2c(c3ccccc13)-c1ccccc1C2.Cc1nc2ccccc2c2c1Cc1ccccc1-2.Cc1nc2cccnc2c2c1Cc1ccccc1-2.Cc1nc2ccncc2c2c1Cc1ccccc1-2.Cc1nc2cnccc2c2c1Cc1ccccc1-2.Cc1nc2ncccc2c2c1Cc1ccccc1-2. The molecule has 7 aliphatic rings. The first kappa shape index (κ1) is 76.8. The van der Waals surface area contributed by atoms with E-state index < -0.39 is 0 Å². The molecule has 21 aromatic rings. The highest BCUT2D eigenvalue weighted by Crippen LogP contribution is 2.49. The van der Waals surface area contributed by atoms with Gasteiger partial charge in [0.15, 0.2) is 5.65 Å². The standard InChI is InChI=1S/C18H14.2C17H13N.4C16H12N2/c1-12-5-4-8-16-17(12)11-14-10-9-13-6-2-3-7-15(13)18(14)16;1-11-13-7-4-5-9-15(13)17-14-8-3-2-6-12(14)10-16(17)18-11;1-11-15-10-12-6-2-3-7-13(12)17(15)14-8-4-5-9-16(14)18-11;1-10-13-9-11-5-2-3-6-12(11)15(13)16-14(18-10)7-4-8-17-16;1-10-14-9-11-5-2-3-6-12(11)15(14)13-7-4-8-17-16(13)18-10;1-10-13-8-11-4-2-3-5-12(11)16(13)14-9-17-7-6-15(14)18-10;1-10-14-8-11-4-2-3-5-12(11)16(14)13-6-7-17-9-15(13)18-10/h2-10H,11H2,1H3;2*2-9H,10H2,1H3;2*2-8H,9H2,1H3;2*2-7,9H,8H2,1H3. The predicted molar refractivity (Wildman–Crippen MR) is 516 cm³/mol.